The summed E-state index contributed by atoms with van der Waals surface area (Å²) in [4.78, 5) is 37.7. The molecule has 2 amide bonds. The van der Waals surface area contributed by atoms with Crippen molar-refractivity contribution in [3.8, 4) is 11.5 Å². The zero-order valence-corrected chi connectivity index (χ0v) is 22.9. The zero-order valence-electron chi connectivity index (χ0n) is 22.0. The van der Waals surface area contributed by atoms with E-state index in [-0.39, 0.29) is 17.5 Å². The topological polar surface area (TPSA) is 120 Å². The van der Waals surface area contributed by atoms with Crippen molar-refractivity contribution < 1.29 is 24.0 Å². The molecule has 0 saturated carbocycles. The molecule has 4 rings (SSSR count). The number of rotatable bonds is 10. The molecule has 1 unspecified atom stereocenters. The van der Waals surface area contributed by atoms with Crippen LogP contribution in [0.3, 0.4) is 0 Å². The van der Waals surface area contributed by atoms with Crippen LogP contribution in [0.2, 0.25) is 0 Å². The number of aryl methyl sites for hydroxylation is 1. The van der Waals surface area contributed by atoms with Crippen LogP contribution in [0.1, 0.15) is 26.7 Å². The molecule has 0 bridgehead atoms. The van der Waals surface area contributed by atoms with Crippen molar-refractivity contribution in [1.29, 1.82) is 0 Å². The average molecular weight is 558 g/mol. The molecule has 0 aliphatic heterocycles. The van der Waals surface area contributed by atoms with E-state index in [1.165, 1.54) is 38.1 Å². The predicted octanol–water partition coefficient (Wildman–Crippen LogP) is 6.64. The Kier molecular flexibility index (Phi) is 9.03. The van der Waals surface area contributed by atoms with Crippen LogP contribution in [0.5, 0.6) is 11.5 Å². The molecule has 204 valence electrons. The molecule has 0 aliphatic rings. The van der Waals surface area contributed by atoms with E-state index in [1.807, 2.05) is 42.5 Å². The molecule has 9 nitrogen and oxygen atoms in total. The lowest BCUT2D eigenvalue weighted by Crippen LogP contribution is -2.19. The third kappa shape index (κ3) is 6.78. The minimum atomic E-state index is -0.632. The van der Waals surface area contributed by atoms with E-state index in [1.54, 1.807) is 43.3 Å². The Labute approximate surface area is 235 Å². The van der Waals surface area contributed by atoms with Gasteiger partial charge in [0.1, 0.15) is 5.25 Å². The lowest BCUT2D eigenvalue weighted by Gasteiger charge is -2.18. The minimum absolute atomic E-state index is 0.101. The number of carbonyl (C=O) groups is 2. The monoisotopic (exact) mass is 557 g/mol. The van der Waals surface area contributed by atoms with Crippen LogP contribution in [-0.2, 0) is 4.79 Å². The molecule has 10 heteroatoms. The summed E-state index contributed by atoms with van der Waals surface area (Å²) in [7, 11) is 3.03. The zero-order chi connectivity index (χ0) is 28.6. The fourth-order valence-corrected chi connectivity index (χ4v) is 4.92. The highest BCUT2D eigenvalue weighted by atomic mass is 32.2. The van der Waals surface area contributed by atoms with Gasteiger partial charge in [0.2, 0.25) is 5.91 Å². The molecule has 1 atom stereocenters. The molecule has 0 aromatic heterocycles. The molecule has 0 saturated heterocycles. The third-order valence-electron chi connectivity index (χ3n) is 6.04. The van der Waals surface area contributed by atoms with Crippen molar-refractivity contribution in [2.45, 2.75) is 17.1 Å². The maximum Gasteiger partial charge on any atom is 0.271 e. The van der Waals surface area contributed by atoms with Crippen molar-refractivity contribution in [2.24, 2.45) is 0 Å². The number of carbonyl (C=O) groups excluding carboxylic acids is 2. The normalized spacial score (nSPS) is 11.3. The third-order valence-corrected chi connectivity index (χ3v) is 7.31. The number of anilines is 2. The van der Waals surface area contributed by atoms with Gasteiger partial charge in [-0.05, 0) is 60.5 Å². The average Bonchev–Trinajstić information content (AvgIpc) is 2.97. The molecule has 0 spiro atoms. The van der Waals surface area contributed by atoms with Gasteiger partial charge in [0.25, 0.3) is 11.6 Å². The van der Waals surface area contributed by atoms with E-state index >= 15 is 0 Å². The summed E-state index contributed by atoms with van der Waals surface area (Å²) in [5.74, 6) is 0.353. The summed E-state index contributed by atoms with van der Waals surface area (Å²) in [5.41, 5.74) is 2.76. The first-order chi connectivity index (χ1) is 19.3. The highest BCUT2D eigenvalue weighted by Crippen LogP contribution is 2.37. The number of nitrogens with one attached hydrogen (secondary N) is 2. The summed E-state index contributed by atoms with van der Waals surface area (Å²) >= 11 is 1.33. The highest BCUT2D eigenvalue weighted by molar-refractivity contribution is 8.00. The molecular weight excluding hydrogens is 530 g/mol. The molecule has 0 aliphatic carbocycles. The second-order valence-corrected chi connectivity index (χ2v) is 9.88. The molecule has 40 heavy (non-hydrogen) atoms. The number of nitro benzene ring substituents is 1. The Bertz CT molecular complexity index is 1530. The van der Waals surface area contributed by atoms with E-state index in [0.29, 0.717) is 34.0 Å². The summed E-state index contributed by atoms with van der Waals surface area (Å²) in [6.07, 6.45) is 0. The van der Waals surface area contributed by atoms with Gasteiger partial charge in [-0.3, -0.25) is 19.7 Å². The minimum Gasteiger partial charge on any atom is -0.493 e. The first-order valence-electron chi connectivity index (χ1n) is 12.2. The highest BCUT2D eigenvalue weighted by Gasteiger charge is 2.23. The first-order valence-corrected chi connectivity index (χ1v) is 13.1. The van der Waals surface area contributed by atoms with Crippen molar-refractivity contribution >= 4 is 40.6 Å². The van der Waals surface area contributed by atoms with E-state index in [4.69, 9.17) is 9.47 Å². The standard InChI is InChI=1S/C30H27N3O6S/c1-19-9-13-23(33(36)37)18-25(19)32-30(35)28(20-7-5-4-6-8-20)40-24-14-11-22(12-15-24)31-29(34)21-10-16-26(38-2)27(17-21)39-3/h4-18,28H,1-3H3,(H,31,34)(H,32,35). The van der Waals surface area contributed by atoms with E-state index in [9.17, 15) is 19.7 Å². The molecule has 0 fully saturated rings. The van der Waals surface area contributed by atoms with Gasteiger partial charge in [0.05, 0.1) is 24.8 Å². The second-order valence-electron chi connectivity index (χ2n) is 8.70. The number of nitro groups is 1. The Morgan fingerprint density at radius 2 is 1.55 bits per heavy atom. The van der Waals surface area contributed by atoms with Crippen molar-refractivity contribution in [3.63, 3.8) is 0 Å². The predicted molar refractivity (Wildman–Crippen MR) is 155 cm³/mol. The van der Waals surface area contributed by atoms with Crippen LogP contribution in [0, 0.1) is 17.0 Å². The lowest BCUT2D eigenvalue weighted by atomic mass is 10.1. The van der Waals surface area contributed by atoms with E-state index in [0.717, 1.165) is 10.5 Å². The maximum atomic E-state index is 13.4. The molecular formula is C30H27N3O6S. The Hall–Kier alpha value is -4.83. The summed E-state index contributed by atoms with van der Waals surface area (Å²) < 4.78 is 10.5. The number of amides is 2. The van der Waals surface area contributed by atoms with Crippen LogP contribution in [0.25, 0.3) is 0 Å². The number of nitrogens with zero attached hydrogens (tertiary/aromatic N) is 1. The van der Waals surface area contributed by atoms with Gasteiger partial charge in [-0.1, -0.05) is 36.4 Å². The van der Waals surface area contributed by atoms with Gasteiger partial charge < -0.3 is 20.1 Å². The van der Waals surface area contributed by atoms with Gasteiger partial charge in [0, 0.05) is 28.3 Å². The number of ether oxygens (including phenoxy) is 2. The summed E-state index contributed by atoms with van der Waals surface area (Å²) in [6.45, 7) is 1.78. The van der Waals surface area contributed by atoms with Gasteiger partial charge in [-0.25, -0.2) is 0 Å². The quantitative estimate of drug-likeness (QED) is 0.127. The number of methoxy groups -OCH3 is 2. The summed E-state index contributed by atoms with van der Waals surface area (Å²) in [6, 6.07) is 25.7. The lowest BCUT2D eigenvalue weighted by molar-refractivity contribution is -0.384. The van der Waals surface area contributed by atoms with E-state index < -0.39 is 10.2 Å². The Balaban J connectivity index is 1.51. The van der Waals surface area contributed by atoms with Crippen molar-refractivity contribution in [2.75, 3.05) is 24.9 Å². The van der Waals surface area contributed by atoms with Gasteiger partial charge in [-0.15, -0.1) is 11.8 Å². The van der Waals surface area contributed by atoms with Gasteiger partial charge >= 0.3 is 0 Å². The number of non-ortho nitro benzene ring substituents is 1. The van der Waals surface area contributed by atoms with Crippen molar-refractivity contribution in [3.05, 3.63) is 118 Å². The fourth-order valence-electron chi connectivity index (χ4n) is 3.89. The summed E-state index contributed by atoms with van der Waals surface area (Å²) in [5, 5.41) is 16.3. The number of hydrogen-bond donors (Lipinski definition) is 2. The molecule has 4 aromatic carbocycles. The smallest absolute Gasteiger partial charge is 0.271 e. The Morgan fingerprint density at radius 1 is 0.850 bits per heavy atom. The van der Waals surface area contributed by atoms with Crippen LogP contribution < -0.4 is 20.1 Å². The van der Waals surface area contributed by atoms with Crippen molar-refractivity contribution in [1.82, 2.24) is 0 Å². The van der Waals surface area contributed by atoms with E-state index in [2.05, 4.69) is 10.6 Å². The fraction of sp³-hybridized carbons (Fsp3) is 0.133. The van der Waals surface area contributed by atoms with Gasteiger partial charge in [0.15, 0.2) is 11.5 Å². The SMILES string of the molecule is COc1ccc(C(=O)Nc2ccc(SC(C(=O)Nc3cc([N+](=O)[O-])ccc3C)c3ccccc3)cc2)cc1OC. The van der Waals surface area contributed by atoms with Crippen LogP contribution in [0.15, 0.2) is 95.9 Å². The number of hydrogen-bond acceptors (Lipinski definition) is 7. The van der Waals surface area contributed by atoms with Crippen LogP contribution in [0.4, 0.5) is 17.1 Å². The molecule has 4 aromatic rings. The number of benzene rings is 4. The molecule has 0 radical (unpaired) electrons. The van der Waals surface area contributed by atoms with Crippen LogP contribution in [-0.4, -0.2) is 31.0 Å². The molecule has 2 N–H and O–H groups in total. The van der Waals surface area contributed by atoms with Crippen LogP contribution >= 0.6 is 11.8 Å². The second kappa shape index (κ2) is 12.8. The molecule has 0 heterocycles. The maximum absolute atomic E-state index is 13.4. The first kappa shape index (κ1) is 28.2. The largest absolute Gasteiger partial charge is 0.493 e. The van der Waals surface area contributed by atoms with Gasteiger partial charge in [-0.2, -0.15) is 0 Å². The number of thioether (sulfide) groups is 1. The Morgan fingerprint density at radius 3 is 2.20 bits per heavy atom.